The molecule has 1 unspecified atom stereocenters. The second-order valence-corrected chi connectivity index (χ2v) is 5.87. The minimum Gasteiger partial charge on any atom is -0.459 e. The molecule has 4 heteroatoms. The van der Waals surface area contributed by atoms with E-state index in [0.717, 1.165) is 34.1 Å². The maximum atomic E-state index is 6.00. The highest BCUT2D eigenvalue weighted by atomic mass is 35.5. The molecule has 1 saturated carbocycles. The second kappa shape index (κ2) is 5.53. The van der Waals surface area contributed by atoms with Gasteiger partial charge in [0.05, 0.1) is 6.04 Å². The third-order valence-electron chi connectivity index (χ3n) is 4.09. The lowest BCUT2D eigenvalue weighted by Crippen LogP contribution is -2.29. The Kier molecular flexibility index (Phi) is 3.78. The molecule has 1 aliphatic rings. The monoisotopic (exact) mass is 278 g/mol. The Bertz CT molecular complexity index is 560. The van der Waals surface area contributed by atoms with Crippen LogP contribution in [0.2, 0.25) is 5.02 Å². The number of hydrogen-bond donors (Lipinski definition) is 2. The van der Waals surface area contributed by atoms with E-state index >= 15 is 0 Å². The van der Waals surface area contributed by atoms with E-state index in [1.165, 1.54) is 25.7 Å². The normalized spacial score (nSPS) is 18.2. The molecule has 2 aromatic rings. The third-order valence-corrected chi connectivity index (χ3v) is 4.32. The lowest BCUT2D eigenvalue weighted by Gasteiger charge is -2.17. The summed E-state index contributed by atoms with van der Waals surface area (Å²) in [5.41, 5.74) is 3.76. The van der Waals surface area contributed by atoms with Crippen molar-refractivity contribution in [3.8, 4) is 0 Å². The van der Waals surface area contributed by atoms with E-state index in [4.69, 9.17) is 21.9 Å². The fourth-order valence-corrected chi connectivity index (χ4v) is 3.23. The first-order valence-corrected chi connectivity index (χ1v) is 7.29. The molecule has 3 nitrogen and oxygen atoms in total. The van der Waals surface area contributed by atoms with Crippen LogP contribution in [-0.4, -0.2) is 0 Å². The summed E-state index contributed by atoms with van der Waals surface area (Å²) in [6.07, 6.45) is 6.36. The summed E-state index contributed by atoms with van der Waals surface area (Å²) in [4.78, 5) is 0. The number of nitrogens with two attached hydrogens (primary N) is 1. The van der Waals surface area contributed by atoms with Crippen molar-refractivity contribution < 1.29 is 4.42 Å². The largest absolute Gasteiger partial charge is 0.459 e. The van der Waals surface area contributed by atoms with Crippen molar-refractivity contribution in [3.63, 3.8) is 0 Å². The van der Waals surface area contributed by atoms with Crippen molar-refractivity contribution in [2.45, 2.75) is 38.1 Å². The van der Waals surface area contributed by atoms with Gasteiger partial charge in [-0.3, -0.25) is 5.84 Å². The van der Waals surface area contributed by atoms with E-state index < -0.39 is 0 Å². The molecule has 1 aliphatic carbocycles. The molecular weight excluding hydrogens is 260 g/mol. The van der Waals surface area contributed by atoms with Gasteiger partial charge in [-0.1, -0.05) is 37.3 Å². The number of hydrogen-bond acceptors (Lipinski definition) is 3. The van der Waals surface area contributed by atoms with E-state index in [1.807, 2.05) is 24.3 Å². The van der Waals surface area contributed by atoms with E-state index in [2.05, 4.69) is 5.43 Å². The minimum absolute atomic E-state index is 0.0919. The predicted molar refractivity (Wildman–Crippen MR) is 77.9 cm³/mol. The Morgan fingerprint density at radius 3 is 2.84 bits per heavy atom. The summed E-state index contributed by atoms with van der Waals surface area (Å²) in [5, 5.41) is 1.77. The molecule has 0 saturated heterocycles. The molecule has 1 atom stereocenters. The predicted octanol–water partition coefficient (Wildman–Crippen LogP) is 4.17. The maximum absolute atomic E-state index is 6.00. The molecule has 3 N–H and O–H groups in total. The highest BCUT2D eigenvalue weighted by molar-refractivity contribution is 6.31. The molecule has 1 aromatic heterocycles. The van der Waals surface area contributed by atoms with E-state index in [1.54, 1.807) is 0 Å². The number of hydrazine groups is 1. The Balaban J connectivity index is 1.83. The molecule has 0 bridgehead atoms. The lowest BCUT2D eigenvalue weighted by molar-refractivity contribution is 0.354. The summed E-state index contributed by atoms with van der Waals surface area (Å²) in [6, 6.07) is 7.81. The van der Waals surface area contributed by atoms with Gasteiger partial charge < -0.3 is 4.42 Å². The Morgan fingerprint density at radius 2 is 2.11 bits per heavy atom. The van der Waals surface area contributed by atoms with Gasteiger partial charge in [-0.25, -0.2) is 5.43 Å². The number of nitrogens with one attached hydrogen (secondary N) is 1. The van der Waals surface area contributed by atoms with Gasteiger partial charge in [0.1, 0.15) is 11.3 Å². The molecule has 1 fully saturated rings. The van der Waals surface area contributed by atoms with E-state index in [0.29, 0.717) is 0 Å². The first-order valence-electron chi connectivity index (χ1n) is 6.91. The van der Waals surface area contributed by atoms with Gasteiger partial charge in [-0.15, -0.1) is 0 Å². The molecule has 19 heavy (non-hydrogen) atoms. The van der Waals surface area contributed by atoms with Gasteiger partial charge >= 0.3 is 0 Å². The molecular formula is C15H19ClN2O. The van der Waals surface area contributed by atoms with Crippen molar-refractivity contribution >= 4 is 22.6 Å². The van der Waals surface area contributed by atoms with Crippen LogP contribution in [0.25, 0.3) is 11.0 Å². The van der Waals surface area contributed by atoms with Gasteiger partial charge in [-0.05, 0) is 36.6 Å². The fraction of sp³-hybridized carbons (Fsp3) is 0.467. The van der Waals surface area contributed by atoms with Crippen molar-refractivity contribution in [2.24, 2.45) is 11.8 Å². The summed E-state index contributed by atoms with van der Waals surface area (Å²) in [5.74, 6) is 7.37. The Labute approximate surface area is 118 Å². The van der Waals surface area contributed by atoms with Crippen LogP contribution in [0.3, 0.4) is 0 Å². The highest BCUT2D eigenvalue weighted by Gasteiger charge is 2.22. The SMILES string of the molecule is NNC(CC1CCCC1)c1cc2cc(Cl)ccc2o1. The van der Waals surface area contributed by atoms with Crippen LogP contribution < -0.4 is 11.3 Å². The molecule has 0 radical (unpaired) electrons. The zero-order valence-corrected chi connectivity index (χ0v) is 11.6. The molecule has 0 amide bonds. The van der Waals surface area contributed by atoms with Crippen molar-refractivity contribution in [3.05, 3.63) is 35.0 Å². The van der Waals surface area contributed by atoms with Gasteiger partial charge in [0.15, 0.2) is 0 Å². The van der Waals surface area contributed by atoms with Crippen molar-refractivity contribution in [1.29, 1.82) is 0 Å². The summed E-state index contributed by atoms with van der Waals surface area (Å²) >= 11 is 6.00. The van der Waals surface area contributed by atoms with E-state index in [-0.39, 0.29) is 6.04 Å². The molecule has 0 spiro atoms. The van der Waals surface area contributed by atoms with Gasteiger partial charge in [-0.2, -0.15) is 0 Å². The number of benzene rings is 1. The topological polar surface area (TPSA) is 51.2 Å². The quantitative estimate of drug-likeness (QED) is 0.652. The fourth-order valence-electron chi connectivity index (χ4n) is 3.05. The van der Waals surface area contributed by atoms with Crippen LogP contribution in [0.15, 0.2) is 28.7 Å². The summed E-state index contributed by atoms with van der Waals surface area (Å²) < 4.78 is 5.89. The average Bonchev–Trinajstić information content (AvgIpc) is 3.03. The van der Waals surface area contributed by atoms with Crippen LogP contribution in [0, 0.1) is 5.92 Å². The van der Waals surface area contributed by atoms with Crippen LogP contribution in [0.1, 0.15) is 43.9 Å². The maximum Gasteiger partial charge on any atom is 0.134 e. The van der Waals surface area contributed by atoms with Crippen LogP contribution >= 0.6 is 11.6 Å². The first kappa shape index (κ1) is 13.0. The summed E-state index contributed by atoms with van der Waals surface area (Å²) in [6.45, 7) is 0. The minimum atomic E-state index is 0.0919. The van der Waals surface area contributed by atoms with Crippen molar-refractivity contribution in [2.75, 3.05) is 0 Å². The van der Waals surface area contributed by atoms with Crippen LogP contribution in [-0.2, 0) is 0 Å². The molecule has 3 rings (SSSR count). The van der Waals surface area contributed by atoms with Crippen LogP contribution in [0.5, 0.6) is 0 Å². The Hall–Kier alpha value is -1.03. The number of rotatable bonds is 4. The molecule has 102 valence electrons. The third kappa shape index (κ3) is 2.78. The molecule has 0 aliphatic heterocycles. The van der Waals surface area contributed by atoms with Crippen LogP contribution in [0.4, 0.5) is 0 Å². The van der Waals surface area contributed by atoms with Gasteiger partial charge in [0.25, 0.3) is 0 Å². The lowest BCUT2D eigenvalue weighted by atomic mass is 9.97. The Morgan fingerprint density at radius 1 is 1.32 bits per heavy atom. The summed E-state index contributed by atoms with van der Waals surface area (Å²) in [7, 11) is 0. The molecule has 1 aromatic carbocycles. The highest BCUT2D eigenvalue weighted by Crippen LogP contribution is 2.34. The van der Waals surface area contributed by atoms with E-state index in [9.17, 15) is 0 Å². The zero-order chi connectivity index (χ0) is 13.2. The first-order chi connectivity index (χ1) is 9.26. The second-order valence-electron chi connectivity index (χ2n) is 5.44. The molecule has 1 heterocycles. The number of furan rings is 1. The number of halogens is 1. The van der Waals surface area contributed by atoms with Gasteiger partial charge in [0, 0.05) is 10.4 Å². The average molecular weight is 279 g/mol. The number of fused-ring (bicyclic) bond motifs is 1. The zero-order valence-electron chi connectivity index (χ0n) is 10.9. The standard InChI is InChI=1S/C15H19ClN2O/c16-12-5-6-14-11(8-12)9-15(19-14)13(18-17)7-10-3-1-2-4-10/h5-6,8-10,13,18H,1-4,7,17H2. The van der Waals surface area contributed by atoms with Crippen molar-refractivity contribution in [1.82, 2.24) is 5.43 Å². The smallest absolute Gasteiger partial charge is 0.134 e. The van der Waals surface area contributed by atoms with Gasteiger partial charge in [0.2, 0.25) is 0 Å².